The summed E-state index contributed by atoms with van der Waals surface area (Å²) < 4.78 is 0. The van der Waals surface area contributed by atoms with Gasteiger partial charge in [0.2, 0.25) is 5.95 Å². The predicted octanol–water partition coefficient (Wildman–Crippen LogP) is 0.759. The number of nitrogen functional groups attached to an aromatic ring is 1. The lowest BCUT2D eigenvalue weighted by Crippen LogP contribution is -2.14. The molecule has 0 aliphatic carbocycles. The molecule has 0 bridgehead atoms. The van der Waals surface area contributed by atoms with Gasteiger partial charge in [-0.2, -0.15) is 5.26 Å². The number of aryl methyl sites for hydroxylation is 2. The number of aromatic nitrogens is 2. The molecule has 1 aromatic heterocycles. The molecule has 0 radical (unpaired) electrons. The van der Waals surface area contributed by atoms with Crippen LogP contribution in [0.5, 0.6) is 0 Å². The maximum atomic E-state index is 8.94. The van der Waals surface area contributed by atoms with Gasteiger partial charge >= 0.3 is 0 Å². The number of rotatable bonds is 3. The molecule has 1 heterocycles. The van der Waals surface area contributed by atoms with E-state index in [1.165, 1.54) is 0 Å². The van der Waals surface area contributed by atoms with Crippen LogP contribution in [0.2, 0.25) is 0 Å². The van der Waals surface area contributed by atoms with Gasteiger partial charge in [0.15, 0.2) is 0 Å². The number of nitrogens with two attached hydrogens (primary N) is 1. The normalized spacial score (nSPS) is 9.57. The highest BCUT2D eigenvalue weighted by molar-refractivity contribution is 5.42. The van der Waals surface area contributed by atoms with Crippen molar-refractivity contribution in [1.29, 1.82) is 5.26 Å². The highest BCUT2D eigenvalue weighted by Crippen LogP contribution is 2.13. The minimum absolute atomic E-state index is 0.373. The Morgan fingerprint density at radius 2 is 1.79 bits per heavy atom. The van der Waals surface area contributed by atoms with E-state index in [-0.39, 0.29) is 0 Å². The Kier molecular flexibility index (Phi) is 3.37. The largest absolute Gasteiger partial charge is 0.292 e. The Morgan fingerprint density at radius 1 is 1.29 bits per heavy atom. The number of hydrogen-bond donors (Lipinski definition) is 2. The van der Waals surface area contributed by atoms with Gasteiger partial charge in [-0.15, -0.1) is 0 Å². The third-order valence-corrected chi connectivity index (χ3v) is 1.97. The molecule has 0 fully saturated rings. The summed E-state index contributed by atoms with van der Waals surface area (Å²) in [7, 11) is 0. The maximum Gasteiger partial charge on any atom is 0.237 e. The molecule has 0 saturated heterocycles. The van der Waals surface area contributed by atoms with E-state index in [9.17, 15) is 0 Å². The van der Waals surface area contributed by atoms with Gasteiger partial charge in [0.25, 0.3) is 0 Å². The molecule has 1 aromatic rings. The van der Waals surface area contributed by atoms with Crippen molar-refractivity contribution in [2.45, 2.75) is 26.7 Å². The molecule has 0 aliphatic heterocycles. The number of hydrogen-bond acceptors (Lipinski definition) is 5. The van der Waals surface area contributed by atoms with Crippen LogP contribution in [0, 0.1) is 11.3 Å². The molecule has 0 unspecified atom stereocenters. The predicted molar refractivity (Wildman–Crippen MR) is 53.3 cm³/mol. The second kappa shape index (κ2) is 4.53. The zero-order valence-electron chi connectivity index (χ0n) is 8.33. The first-order valence-electron chi connectivity index (χ1n) is 4.53. The molecule has 3 N–H and O–H groups in total. The van der Waals surface area contributed by atoms with Crippen LogP contribution < -0.4 is 11.3 Å². The molecule has 14 heavy (non-hydrogen) atoms. The average molecular weight is 191 g/mol. The van der Waals surface area contributed by atoms with E-state index >= 15 is 0 Å². The molecule has 0 saturated carbocycles. The molecule has 5 nitrogen and oxygen atoms in total. The fourth-order valence-corrected chi connectivity index (χ4v) is 1.26. The molecule has 0 aromatic carbocycles. The summed E-state index contributed by atoms with van der Waals surface area (Å²) in [6, 6.07) is 2.12. The van der Waals surface area contributed by atoms with Crippen LogP contribution in [0.25, 0.3) is 0 Å². The van der Waals surface area contributed by atoms with Gasteiger partial charge in [0.1, 0.15) is 6.07 Å². The van der Waals surface area contributed by atoms with Crippen LogP contribution >= 0.6 is 0 Å². The van der Waals surface area contributed by atoms with Crippen molar-refractivity contribution in [3.63, 3.8) is 0 Å². The van der Waals surface area contributed by atoms with Crippen molar-refractivity contribution < 1.29 is 0 Å². The van der Waals surface area contributed by atoms with Gasteiger partial charge in [-0.25, -0.2) is 15.8 Å². The van der Waals surface area contributed by atoms with E-state index in [1.807, 2.05) is 13.8 Å². The highest BCUT2D eigenvalue weighted by atomic mass is 15.3. The molecule has 0 aliphatic rings. The van der Waals surface area contributed by atoms with Crippen LogP contribution in [-0.2, 0) is 12.8 Å². The third kappa shape index (κ3) is 1.80. The summed E-state index contributed by atoms with van der Waals surface area (Å²) in [5.41, 5.74) is 4.46. The van der Waals surface area contributed by atoms with Crippen LogP contribution in [-0.4, -0.2) is 9.97 Å². The maximum absolute atomic E-state index is 8.94. The van der Waals surface area contributed by atoms with E-state index in [4.69, 9.17) is 11.1 Å². The average Bonchev–Trinajstić information content (AvgIpc) is 2.26. The molecule has 1 rings (SSSR count). The third-order valence-electron chi connectivity index (χ3n) is 1.97. The summed E-state index contributed by atoms with van der Waals surface area (Å²) >= 11 is 0. The molecular formula is C9H13N5. The second-order valence-electron chi connectivity index (χ2n) is 2.78. The van der Waals surface area contributed by atoms with E-state index < -0.39 is 0 Å². The topological polar surface area (TPSA) is 87.6 Å². The van der Waals surface area contributed by atoms with E-state index in [2.05, 4.69) is 21.5 Å². The summed E-state index contributed by atoms with van der Waals surface area (Å²) in [4.78, 5) is 8.24. The second-order valence-corrected chi connectivity index (χ2v) is 2.78. The van der Waals surface area contributed by atoms with Crippen molar-refractivity contribution in [1.82, 2.24) is 9.97 Å². The fourth-order valence-electron chi connectivity index (χ4n) is 1.26. The molecular weight excluding hydrogens is 178 g/mol. The summed E-state index contributed by atoms with van der Waals surface area (Å²) in [5, 5.41) is 8.94. The molecule has 0 atom stereocenters. The minimum Gasteiger partial charge on any atom is -0.292 e. The first kappa shape index (κ1) is 10.4. The lowest BCUT2D eigenvalue weighted by molar-refractivity contribution is 0.920. The monoisotopic (exact) mass is 191 g/mol. The van der Waals surface area contributed by atoms with E-state index in [1.54, 1.807) is 0 Å². The van der Waals surface area contributed by atoms with Crippen molar-refractivity contribution in [2.75, 3.05) is 5.43 Å². The molecule has 0 amide bonds. The minimum atomic E-state index is 0.373. The number of nitriles is 1. The Balaban J connectivity index is 3.34. The Labute approximate surface area is 82.9 Å². The standard InChI is InChI=1S/C9H13N5/c1-3-7-6(5-10)8(4-2)13-9(12-7)14-11/h3-4,11H2,1-2H3,(H,12,13,14). The Bertz CT molecular complexity index is 341. The SMILES string of the molecule is CCc1nc(NN)nc(CC)c1C#N. The summed E-state index contributed by atoms with van der Waals surface area (Å²) in [5.74, 6) is 5.60. The van der Waals surface area contributed by atoms with Gasteiger partial charge in [0.05, 0.1) is 17.0 Å². The van der Waals surface area contributed by atoms with Crippen LogP contribution in [0.4, 0.5) is 5.95 Å². The van der Waals surface area contributed by atoms with Crippen LogP contribution in [0.1, 0.15) is 30.8 Å². The lowest BCUT2D eigenvalue weighted by Gasteiger charge is -2.07. The summed E-state index contributed by atoms with van der Waals surface area (Å²) in [6.07, 6.45) is 1.40. The molecule has 74 valence electrons. The van der Waals surface area contributed by atoms with Crippen molar-refractivity contribution >= 4 is 5.95 Å². The quantitative estimate of drug-likeness (QED) is 0.544. The Hall–Kier alpha value is -1.67. The van der Waals surface area contributed by atoms with Gasteiger partial charge in [-0.3, -0.25) is 5.43 Å². The zero-order valence-corrected chi connectivity index (χ0v) is 8.33. The van der Waals surface area contributed by atoms with Crippen LogP contribution in [0.3, 0.4) is 0 Å². The zero-order chi connectivity index (χ0) is 10.6. The molecule has 0 spiro atoms. The highest BCUT2D eigenvalue weighted by Gasteiger charge is 2.10. The molecule has 5 heteroatoms. The summed E-state index contributed by atoms with van der Waals surface area (Å²) in [6.45, 7) is 3.89. The van der Waals surface area contributed by atoms with Crippen molar-refractivity contribution in [3.8, 4) is 6.07 Å². The number of nitrogens with zero attached hydrogens (tertiary/aromatic N) is 3. The van der Waals surface area contributed by atoms with E-state index in [0.717, 1.165) is 11.4 Å². The lowest BCUT2D eigenvalue weighted by atomic mass is 10.1. The number of hydrazine groups is 1. The van der Waals surface area contributed by atoms with Crippen molar-refractivity contribution in [2.24, 2.45) is 5.84 Å². The van der Waals surface area contributed by atoms with Gasteiger partial charge in [0, 0.05) is 0 Å². The number of nitrogens with one attached hydrogen (secondary N) is 1. The van der Waals surface area contributed by atoms with Gasteiger partial charge in [-0.05, 0) is 12.8 Å². The van der Waals surface area contributed by atoms with Crippen LogP contribution in [0.15, 0.2) is 0 Å². The first-order chi connectivity index (χ1) is 6.76. The number of anilines is 1. The van der Waals surface area contributed by atoms with Gasteiger partial charge in [-0.1, -0.05) is 13.8 Å². The first-order valence-corrected chi connectivity index (χ1v) is 4.53. The Morgan fingerprint density at radius 3 is 2.07 bits per heavy atom. The fraction of sp³-hybridized carbons (Fsp3) is 0.444. The van der Waals surface area contributed by atoms with Crippen molar-refractivity contribution in [3.05, 3.63) is 17.0 Å². The smallest absolute Gasteiger partial charge is 0.237 e. The van der Waals surface area contributed by atoms with Gasteiger partial charge < -0.3 is 0 Å². The van der Waals surface area contributed by atoms with E-state index in [0.29, 0.717) is 24.4 Å².